The average molecular weight is 471 g/mol. The number of aliphatic carboxylic acids is 1. The Bertz CT molecular complexity index is 1140. The molecule has 2 aromatic heterocycles. The molecule has 1 N–H and O–H groups in total. The Morgan fingerprint density at radius 1 is 1.33 bits per heavy atom. The molecule has 1 aliphatic rings. The van der Waals surface area contributed by atoms with Gasteiger partial charge in [-0.3, -0.25) is 9.48 Å². The highest BCUT2D eigenvalue weighted by Gasteiger charge is 2.56. The van der Waals surface area contributed by atoms with Crippen molar-refractivity contribution in [2.45, 2.75) is 43.6 Å². The van der Waals surface area contributed by atoms with Gasteiger partial charge in [0.2, 0.25) is 0 Å². The van der Waals surface area contributed by atoms with Crippen molar-refractivity contribution in [1.82, 2.24) is 19.8 Å². The number of ether oxygens (including phenoxy) is 1. The molecule has 174 valence electrons. The van der Waals surface area contributed by atoms with Crippen LogP contribution in [-0.4, -0.2) is 55.2 Å². The standard InChI is InChI=1S/C23H26N4O5S/c1-22(2,3)16-7-6-15(12-18(16)31-4)19(28)27-20(17-8-11-32-25-17)33-14-23(27,21(29)30)13-26-10-5-9-24-26/h5-12,20H,13-14H2,1-4H3,(H,29,30). The largest absolute Gasteiger partial charge is 0.496 e. The minimum atomic E-state index is -1.53. The third kappa shape index (κ3) is 4.10. The summed E-state index contributed by atoms with van der Waals surface area (Å²) in [7, 11) is 1.56. The van der Waals surface area contributed by atoms with E-state index in [1.54, 1.807) is 43.8 Å². The number of carbonyl (C=O) groups is 2. The van der Waals surface area contributed by atoms with Crippen LogP contribution in [0.5, 0.6) is 5.75 Å². The third-order valence-corrected chi connectivity index (χ3v) is 7.15. The van der Waals surface area contributed by atoms with Gasteiger partial charge in [-0.1, -0.05) is 32.0 Å². The number of methoxy groups -OCH3 is 1. The van der Waals surface area contributed by atoms with Gasteiger partial charge in [0.05, 0.1) is 13.7 Å². The topological polar surface area (TPSA) is 111 Å². The van der Waals surface area contributed by atoms with Gasteiger partial charge in [-0.05, 0) is 29.2 Å². The Hall–Kier alpha value is -3.27. The maximum Gasteiger partial charge on any atom is 0.332 e. The molecule has 10 heteroatoms. The van der Waals surface area contributed by atoms with E-state index in [2.05, 4.69) is 31.0 Å². The number of carbonyl (C=O) groups excluding carboxylic acids is 1. The molecule has 0 aliphatic carbocycles. The minimum Gasteiger partial charge on any atom is -0.496 e. The van der Waals surface area contributed by atoms with Crippen molar-refractivity contribution in [2.75, 3.05) is 12.9 Å². The summed E-state index contributed by atoms with van der Waals surface area (Å²) < 4.78 is 12.1. The van der Waals surface area contributed by atoms with E-state index in [9.17, 15) is 14.7 Å². The van der Waals surface area contributed by atoms with Crippen molar-refractivity contribution in [3.8, 4) is 5.75 Å². The van der Waals surface area contributed by atoms with Gasteiger partial charge >= 0.3 is 5.97 Å². The van der Waals surface area contributed by atoms with Gasteiger partial charge in [0.1, 0.15) is 23.1 Å². The van der Waals surface area contributed by atoms with Crippen molar-refractivity contribution in [3.63, 3.8) is 0 Å². The lowest BCUT2D eigenvalue weighted by molar-refractivity contribution is -0.149. The van der Waals surface area contributed by atoms with Gasteiger partial charge in [0.15, 0.2) is 5.54 Å². The summed E-state index contributed by atoms with van der Waals surface area (Å²) in [6.07, 6.45) is 4.67. The number of benzene rings is 1. The molecule has 3 aromatic rings. The lowest BCUT2D eigenvalue weighted by Gasteiger charge is -2.36. The molecule has 0 spiro atoms. The van der Waals surface area contributed by atoms with Crippen LogP contribution in [0.3, 0.4) is 0 Å². The van der Waals surface area contributed by atoms with Crippen LogP contribution in [0.25, 0.3) is 0 Å². The quantitative estimate of drug-likeness (QED) is 0.582. The van der Waals surface area contributed by atoms with Crippen LogP contribution in [-0.2, 0) is 16.8 Å². The highest BCUT2D eigenvalue weighted by Crippen LogP contribution is 2.48. The Kier molecular flexibility index (Phi) is 5.96. The van der Waals surface area contributed by atoms with Crippen LogP contribution in [0.2, 0.25) is 0 Å². The first kappa shape index (κ1) is 22.9. The third-order valence-electron chi connectivity index (χ3n) is 5.74. The molecule has 1 aromatic carbocycles. The Balaban J connectivity index is 1.82. The molecule has 1 aliphatic heterocycles. The molecule has 3 heterocycles. The van der Waals surface area contributed by atoms with Crippen LogP contribution in [0.15, 0.2) is 53.5 Å². The van der Waals surface area contributed by atoms with E-state index in [0.29, 0.717) is 17.0 Å². The summed E-state index contributed by atoms with van der Waals surface area (Å²) in [6, 6.07) is 8.61. The molecule has 9 nitrogen and oxygen atoms in total. The first-order valence-corrected chi connectivity index (χ1v) is 11.5. The maximum atomic E-state index is 13.9. The lowest BCUT2D eigenvalue weighted by Crippen LogP contribution is -2.58. The monoisotopic (exact) mass is 470 g/mol. The molecule has 0 bridgehead atoms. The van der Waals surface area contributed by atoms with Crippen LogP contribution < -0.4 is 4.74 Å². The molecule has 4 rings (SSSR count). The van der Waals surface area contributed by atoms with E-state index in [0.717, 1.165) is 5.56 Å². The predicted octanol–water partition coefficient (Wildman–Crippen LogP) is 3.59. The fourth-order valence-corrected chi connectivity index (χ4v) is 5.58. The highest BCUT2D eigenvalue weighted by molar-refractivity contribution is 7.99. The van der Waals surface area contributed by atoms with Crippen molar-refractivity contribution < 1.29 is 24.0 Å². The average Bonchev–Trinajstić information content (AvgIpc) is 3.53. The Morgan fingerprint density at radius 2 is 2.12 bits per heavy atom. The zero-order valence-corrected chi connectivity index (χ0v) is 19.7. The lowest BCUT2D eigenvalue weighted by atomic mass is 9.85. The number of thioether (sulfide) groups is 1. The second-order valence-electron chi connectivity index (χ2n) is 8.97. The number of hydrogen-bond donors (Lipinski definition) is 1. The molecule has 1 saturated heterocycles. The smallest absolute Gasteiger partial charge is 0.332 e. The zero-order chi connectivity index (χ0) is 23.8. The van der Waals surface area contributed by atoms with Gasteiger partial charge < -0.3 is 19.3 Å². The summed E-state index contributed by atoms with van der Waals surface area (Å²) in [5.74, 6) is -0.793. The highest BCUT2D eigenvalue weighted by atomic mass is 32.2. The fourth-order valence-electron chi connectivity index (χ4n) is 4.05. The van der Waals surface area contributed by atoms with E-state index >= 15 is 0 Å². The number of nitrogens with zero attached hydrogens (tertiary/aromatic N) is 4. The maximum absolute atomic E-state index is 13.9. The molecule has 33 heavy (non-hydrogen) atoms. The van der Waals surface area contributed by atoms with Crippen LogP contribution >= 0.6 is 11.8 Å². The molecule has 1 fully saturated rings. The summed E-state index contributed by atoms with van der Waals surface area (Å²) >= 11 is 1.34. The number of hydrogen-bond acceptors (Lipinski definition) is 7. The fraction of sp³-hybridized carbons (Fsp3) is 0.391. The molecule has 2 unspecified atom stereocenters. The van der Waals surface area contributed by atoms with E-state index in [1.165, 1.54) is 27.6 Å². The summed E-state index contributed by atoms with van der Waals surface area (Å²) in [5, 5.41) is 17.9. The predicted molar refractivity (Wildman–Crippen MR) is 122 cm³/mol. The van der Waals surface area contributed by atoms with E-state index in [1.807, 2.05) is 6.07 Å². The molecule has 1 amide bonds. The summed E-state index contributed by atoms with van der Waals surface area (Å²) in [4.78, 5) is 28.0. The van der Waals surface area contributed by atoms with Crippen molar-refractivity contribution in [1.29, 1.82) is 0 Å². The zero-order valence-electron chi connectivity index (χ0n) is 18.9. The van der Waals surface area contributed by atoms with Crippen LogP contribution in [0.4, 0.5) is 0 Å². The SMILES string of the molecule is COc1cc(C(=O)N2C(c3ccon3)SCC2(Cn2cccn2)C(=O)O)ccc1C(C)(C)C. The number of rotatable bonds is 6. The molecule has 0 saturated carbocycles. The minimum absolute atomic E-state index is 0.000363. The van der Waals surface area contributed by atoms with E-state index in [-0.39, 0.29) is 17.7 Å². The summed E-state index contributed by atoms with van der Waals surface area (Å²) in [5.41, 5.74) is 0.0429. The molecule has 0 radical (unpaired) electrons. The van der Waals surface area contributed by atoms with Gasteiger partial charge in [-0.2, -0.15) is 5.10 Å². The van der Waals surface area contributed by atoms with Crippen molar-refractivity contribution in [3.05, 3.63) is 65.8 Å². The second kappa shape index (κ2) is 8.58. The van der Waals surface area contributed by atoms with Gasteiger partial charge in [-0.15, -0.1) is 11.8 Å². The Morgan fingerprint density at radius 3 is 2.70 bits per heavy atom. The normalized spacial score (nSPS) is 20.7. The van der Waals surface area contributed by atoms with Crippen molar-refractivity contribution in [2.24, 2.45) is 0 Å². The van der Waals surface area contributed by atoms with Crippen LogP contribution in [0, 0.1) is 0 Å². The van der Waals surface area contributed by atoms with E-state index < -0.39 is 22.8 Å². The second-order valence-corrected chi connectivity index (χ2v) is 10.0. The van der Waals surface area contributed by atoms with Crippen molar-refractivity contribution >= 4 is 23.6 Å². The molecule has 2 atom stereocenters. The number of amides is 1. The first-order valence-electron chi connectivity index (χ1n) is 10.4. The molecular weight excluding hydrogens is 444 g/mol. The van der Waals surface area contributed by atoms with Gasteiger partial charge in [0, 0.05) is 29.8 Å². The van der Waals surface area contributed by atoms with E-state index in [4.69, 9.17) is 9.26 Å². The Labute approximate surface area is 195 Å². The van der Waals surface area contributed by atoms with Gasteiger partial charge in [-0.25, -0.2) is 4.79 Å². The first-order chi connectivity index (χ1) is 15.7. The summed E-state index contributed by atoms with van der Waals surface area (Å²) in [6.45, 7) is 6.18. The number of aromatic nitrogens is 3. The molecular formula is C23H26N4O5S. The van der Waals surface area contributed by atoms with Crippen LogP contribution in [0.1, 0.15) is 47.8 Å². The van der Waals surface area contributed by atoms with Gasteiger partial charge in [0.25, 0.3) is 5.91 Å². The number of carboxylic acids is 1. The number of carboxylic acid groups (broad SMARTS) is 1.